The van der Waals surface area contributed by atoms with E-state index in [0.29, 0.717) is 6.54 Å². The number of hydrogen-bond acceptors (Lipinski definition) is 4. The van der Waals surface area contributed by atoms with Gasteiger partial charge in [0.2, 0.25) is 0 Å². The van der Waals surface area contributed by atoms with Gasteiger partial charge in [0.05, 0.1) is 11.9 Å². The minimum Gasteiger partial charge on any atom is -0.330 e. The lowest BCUT2D eigenvalue weighted by Gasteiger charge is -1.89. The molecule has 2 aromatic rings. The summed E-state index contributed by atoms with van der Waals surface area (Å²) in [4.78, 5) is 4.47. The Morgan fingerprint density at radius 3 is 3.07 bits per heavy atom. The van der Waals surface area contributed by atoms with E-state index >= 15 is 0 Å². The fourth-order valence-electron chi connectivity index (χ4n) is 1.23. The number of hydrogen-bond donors (Lipinski definition) is 1. The van der Waals surface area contributed by atoms with Crippen molar-refractivity contribution in [3.63, 3.8) is 0 Å². The molecule has 0 aliphatic rings. The molecule has 0 aromatic carbocycles. The van der Waals surface area contributed by atoms with E-state index in [1.165, 1.54) is 0 Å². The van der Waals surface area contributed by atoms with Gasteiger partial charge < -0.3 is 5.73 Å². The molecule has 2 heterocycles. The molecular weight excluding hydrogens is 196 g/mol. The first-order chi connectivity index (χ1) is 6.79. The molecule has 0 saturated carbocycles. The van der Waals surface area contributed by atoms with E-state index in [1.54, 1.807) is 16.0 Å². The Bertz CT molecular complexity index is 418. The number of aryl methyl sites for hydroxylation is 1. The van der Waals surface area contributed by atoms with Crippen molar-refractivity contribution in [2.75, 3.05) is 6.54 Å². The fourth-order valence-corrected chi connectivity index (χ4v) is 2.06. The molecule has 2 rings (SSSR count). The van der Waals surface area contributed by atoms with Crippen LogP contribution in [0.1, 0.15) is 5.69 Å². The van der Waals surface area contributed by atoms with Crippen LogP contribution in [0.5, 0.6) is 0 Å². The van der Waals surface area contributed by atoms with Crippen LogP contribution in [0.2, 0.25) is 0 Å². The fraction of sp³-hybridized carbons (Fsp3) is 0.333. The lowest BCUT2D eigenvalue weighted by atomic mass is 10.3. The highest BCUT2D eigenvalue weighted by Gasteiger charge is 2.05. The van der Waals surface area contributed by atoms with Crippen LogP contribution in [-0.2, 0) is 13.5 Å². The first kappa shape index (κ1) is 9.36. The van der Waals surface area contributed by atoms with Crippen molar-refractivity contribution in [2.24, 2.45) is 12.8 Å². The van der Waals surface area contributed by atoms with E-state index in [1.807, 2.05) is 19.4 Å². The smallest absolute Gasteiger partial charge is 0.126 e. The van der Waals surface area contributed by atoms with Crippen LogP contribution in [0, 0.1) is 0 Å². The molecule has 0 radical (unpaired) electrons. The predicted octanol–water partition coefficient (Wildman–Crippen LogP) is 1.04. The van der Waals surface area contributed by atoms with Gasteiger partial charge in [0.15, 0.2) is 0 Å². The van der Waals surface area contributed by atoms with Crippen LogP contribution >= 0.6 is 11.3 Å². The van der Waals surface area contributed by atoms with Gasteiger partial charge in [0.1, 0.15) is 5.01 Å². The quantitative estimate of drug-likeness (QED) is 0.820. The van der Waals surface area contributed by atoms with Gasteiger partial charge in [-0.25, -0.2) is 4.98 Å². The van der Waals surface area contributed by atoms with Gasteiger partial charge in [-0.3, -0.25) is 4.68 Å². The van der Waals surface area contributed by atoms with E-state index in [-0.39, 0.29) is 0 Å². The third kappa shape index (κ3) is 1.83. The molecular formula is C9H12N4S. The van der Waals surface area contributed by atoms with Gasteiger partial charge in [-0.1, -0.05) is 0 Å². The first-order valence-corrected chi connectivity index (χ1v) is 5.31. The molecule has 0 fully saturated rings. The van der Waals surface area contributed by atoms with Gasteiger partial charge in [0, 0.05) is 30.6 Å². The molecule has 14 heavy (non-hydrogen) atoms. The highest BCUT2D eigenvalue weighted by Crippen LogP contribution is 2.22. The van der Waals surface area contributed by atoms with E-state index in [2.05, 4.69) is 15.5 Å². The van der Waals surface area contributed by atoms with E-state index in [9.17, 15) is 0 Å². The van der Waals surface area contributed by atoms with Crippen LogP contribution in [0.25, 0.3) is 10.6 Å². The zero-order valence-electron chi connectivity index (χ0n) is 7.97. The largest absolute Gasteiger partial charge is 0.330 e. The average molecular weight is 208 g/mol. The Balaban J connectivity index is 2.24. The summed E-state index contributed by atoms with van der Waals surface area (Å²) in [7, 11) is 1.90. The molecule has 0 amide bonds. The molecule has 2 aromatic heterocycles. The number of aromatic nitrogens is 3. The number of thiazole rings is 1. The Morgan fingerprint density at radius 2 is 2.43 bits per heavy atom. The Morgan fingerprint density at radius 1 is 1.57 bits per heavy atom. The number of nitrogens with zero attached hydrogens (tertiary/aromatic N) is 3. The summed E-state index contributed by atoms with van der Waals surface area (Å²) < 4.78 is 1.78. The number of rotatable bonds is 3. The summed E-state index contributed by atoms with van der Waals surface area (Å²) in [6.07, 6.45) is 4.63. The van der Waals surface area contributed by atoms with E-state index in [4.69, 9.17) is 5.73 Å². The summed E-state index contributed by atoms with van der Waals surface area (Å²) >= 11 is 1.64. The summed E-state index contributed by atoms with van der Waals surface area (Å²) in [5.74, 6) is 0. The second-order valence-electron chi connectivity index (χ2n) is 3.09. The van der Waals surface area contributed by atoms with Crippen molar-refractivity contribution in [1.29, 1.82) is 0 Å². The lowest BCUT2D eigenvalue weighted by molar-refractivity contribution is 0.768. The van der Waals surface area contributed by atoms with Gasteiger partial charge >= 0.3 is 0 Å². The molecule has 0 bridgehead atoms. The molecule has 5 heteroatoms. The van der Waals surface area contributed by atoms with Crippen molar-refractivity contribution in [3.8, 4) is 10.6 Å². The second kappa shape index (κ2) is 3.89. The summed E-state index contributed by atoms with van der Waals surface area (Å²) in [6.45, 7) is 0.649. The SMILES string of the molecule is Cn1cc(-c2nc(CCN)cs2)cn1. The van der Waals surface area contributed by atoms with E-state index in [0.717, 1.165) is 22.7 Å². The minimum atomic E-state index is 0.649. The van der Waals surface area contributed by atoms with Crippen LogP contribution < -0.4 is 5.73 Å². The van der Waals surface area contributed by atoms with Crippen LogP contribution in [0.15, 0.2) is 17.8 Å². The maximum Gasteiger partial charge on any atom is 0.126 e. The highest BCUT2D eigenvalue weighted by molar-refractivity contribution is 7.13. The topological polar surface area (TPSA) is 56.7 Å². The molecule has 0 atom stereocenters. The van der Waals surface area contributed by atoms with Gasteiger partial charge in [-0.15, -0.1) is 11.3 Å². The first-order valence-electron chi connectivity index (χ1n) is 4.43. The van der Waals surface area contributed by atoms with Gasteiger partial charge in [-0.05, 0) is 6.54 Å². The lowest BCUT2D eigenvalue weighted by Crippen LogP contribution is -2.02. The maximum atomic E-state index is 5.46. The van der Waals surface area contributed by atoms with Crippen molar-refractivity contribution >= 4 is 11.3 Å². The number of nitrogens with two attached hydrogens (primary N) is 1. The van der Waals surface area contributed by atoms with Gasteiger partial charge in [0.25, 0.3) is 0 Å². The third-order valence-electron chi connectivity index (χ3n) is 1.90. The van der Waals surface area contributed by atoms with Crippen LogP contribution in [-0.4, -0.2) is 21.3 Å². The third-order valence-corrected chi connectivity index (χ3v) is 2.84. The summed E-state index contributed by atoms with van der Waals surface area (Å²) in [5.41, 5.74) is 7.60. The Hall–Kier alpha value is -1.20. The van der Waals surface area contributed by atoms with Crippen molar-refractivity contribution in [1.82, 2.24) is 14.8 Å². The molecule has 2 N–H and O–H groups in total. The van der Waals surface area contributed by atoms with Gasteiger partial charge in [-0.2, -0.15) is 5.10 Å². The molecule has 0 aliphatic carbocycles. The Kier molecular flexibility index (Phi) is 2.60. The standard InChI is InChI=1S/C9H12N4S/c1-13-5-7(4-11-13)9-12-8(2-3-10)6-14-9/h4-6H,2-3,10H2,1H3. The van der Waals surface area contributed by atoms with Crippen LogP contribution in [0.3, 0.4) is 0 Å². The predicted molar refractivity (Wildman–Crippen MR) is 57.1 cm³/mol. The Labute approximate surface area is 86.4 Å². The minimum absolute atomic E-state index is 0.649. The zero-order valence-corrected chi connectivity index (χ0v) is 8.79. The summed E-state index contributed by atoms with van der Waals surface area (Å²) in [6, 6.07) is 0. The van der Waals surface area contributed by atoms with Crippen LogP contribution in [0.4, 0.5) is 0 Å². The summed E-state index contributed by atoms with van der Waals surface area (Å²) in [5, 5.41) is 7.17. The van der Waals surface area contributed by atoms with Crippen molar-refractivity contribution in [2.45, 2.75) is 6.42 Å². The molecule has 0 aliphatic heterocycles. The van der Waals surface area contributed by atoms with Crippen molar-refractivity contribution in [3.05, 3.63) is 23.5 Å². The molecule has 0 unspecified atom stereocenters. The molecule has 0 spiro atoms. The molecule has 4 nitrogen and oxygen atoms in total. The molecule has 0 saturated heterocycles. The highest BCUT2D eigenvalue weighted by atomic mass is 32.1. The normalized spacial score (nSPS) is 10.7. The monoisotopic (exact) mass is 208 g/mol. The van der Waals surface area contributed by atoms with Crippen molar-refractivity contribution < 1.29 is 0 Å². The molecule has 74 valence electrons. The maximum absolute atomic E-state index is 5.46. The average Bonchev–Trinajstić information content (AvgIpc) is 2.74. The second-order valence-corrected chi connectivity index (χ2v) is 3.94. The zero-order chi connectivity index (χ0) is 9.97. The van der Waals surface area contributed by atoms with E-state index < -0.39 is 0 Å².